The maximum absolute atomic E-state index is 6.32. The average molecular weight is 337 g/mol. The summed E-state index contributed by atoms with van der Waals surface area (Å²) in [6, 6.07) is 19.9. The summed E-state index contributed by atoms with van der Waals surface area (Å²) in [5.41, 5.74) is 1.90. The van der Waals surface area contributed by atoms with E-state index in [2.05, 4.69) is 44.9 Å². The van der Waals surface area contributed by atoms with Crippen LogP contribution in [0.1, 0.15) is 5.56 Å². The quantitative estimate of drug-likeness (QED) is 0.605. The third-order valence-corrected chi connectivity index (χ3v) is 4.09. The van der Waals surface area contributed by atoms with Gasteiger partial charge < -0.3 is 4.74 Å². The van der Waals surface area contributed by atoms with Crippen molar-refractivity contribution in [1.29, 1.82) is 0 Å². The van der Waals surface area contributed by atoms with Gasteiger partial charge in [0.05, 0.1) is 5.02 Å². The molecule has 0 bridgehead atoms. The van der Waals surface area contributed by atoms with Crippen molar-refractivity contribution in [2.45, 2.75) is 6.61 Å². The molecule has 3 aromatic carbocycles. The molecule has 5 nitrogen and oxygen atoms in total. The molecule has 0 aliphatic rings. The SMILES string of the molecule is Clc1cc(-c2nn[nH]n2)ccc1OCc1cccc2ccccc12. The van der Waals surface area contributed by atoms with Gasteiger partial charge in [-0.25, -0.2) is 0 Å². The van der Waals surface area contributed by atoms with E-state index in [1.807, 2.05) is 30.3 Å². The maximum Gasteiger partial charge on any atom is 0.204 e. The number of nitrogens with zero attached hydrogens (tertiary/aromatic N) is 3. The van der Waals surface area contributed by atoms with Crippen molar-refractivity contribution in [3.63, 3.8) is 0 Å². The highest BCUT2D eigenvalue weighted by molar-refractivity contribution is 6.32. The summed E-state index contributed by atoms with van der Waals surface area (Å²) < 4.78 is 5.91. The van der Waals surface area contributed by atoms with Crippen molar-refractivity contribution in [2.75, 3.05) is 0 Å². The van der Waals surface area contributed by atoms with Crippen LogP contribution < -0.4 is 4.74 Å². The number of rotatable bonds is 4. The first-order valence-electron chi connectivity index (χ1n) is 7.44. The third kappa shape index (κ3) is 2.81. The average Bonchev–Trinajstić information content (AvgIpc) is 3.15. The molecule has 24 heavy (non-hydrogen) atoms. The Hall–Kier alpha value is -2.92. The minimum Gasteiger partial charge on any atom is -0.487 e. The molecule has 1 N–H and O–H groups in total. The first kappa shape index (κ1) is 14.7. The van der Waals surface area contributed by atoms with Crippen LogP contribution >= 0.6 is 11.6 Å². The van der Waals surface area contributed by atoms with E-state index in [1.54, 1.807) is 6.07 Å². The number of ether oxygens (including phenoxy) is 1. The highest BCUT2D eigenvalue weighted by Gasteiger charge is 2.09. The second-order valence-corrected chi connectivity index (χ2v) is 5.71. The van der Waals surface area contributed by atoms with Crippen LogP contribution in [0.2, 0.25) is 5.02 Å². The molecular formula is C18H13ClN4O. The Labute approximate surface area is 143 Å². The molecule has 1 aromatic heterocycles. The summed E-state index contributed by atoms with van der Waals surface area (Å²) in [4.78, 5) is 0. The zero-order chi connectivity index (χ0) is 16.4. The normalized spacial score (nSPS) is 10.9. The van der Waals surface area contributed by atoms with Crippen LogP contribution in [-0.2, 0) is 6.61 Å². The zero-order valence-electron chi connectivity index (χ0n) is 12.6. The number of benzene rings is 3. The second-order valence-electron chi connectivity index (χ2n) is 5.31. The lowest BCUT2D eigenvalue weighted by molar-refractivity contribution is 0.308. The van der Waals surface area contributed by atoms with Crippen molar-refractivity contribution in [3.8, 4) is 17.1 Å². The van der Waals surface area contributed by atoms with Crippen LogP contribution in [-0.4, -0.2) is 20.6 Å². The second kappa shape index (κ2) is 6.29. The summed E-state index contributed by atoms with van der Waals surface area (Å²) in [6.45, 7) is 0.447. The molecule has 0 saturated heterocycles. The van der Waals surface area contributed by atoms with E-state index in [1.165, 1.54) is 10.8 Å². The molecule has 0 fully saturated rings. The van der Waals surface area contributed by atoms with Crippen molar-refractivity contribution in [2.24, 2.45) is 0 Å². The lowest BCUT2D eigenvalue weighted by Crippen LogP contribution is -1.97. The van der Waals surface area contributed by atoms with Crippen LogP contribution in [0.25, 0.3) is 22.2 Å². The minimum absolute atomic E-state index is 0.447. The summed E-state index contributed by atoms with van der Waals surface area (Å²) in [5, 5.41) is 16.7. The monoisotopic (exact) mass is 336 g/mol. The number of fused-ring (bicyclic) bond motifs is 1. The first-order valence-corrected chi connectivity index (χ1v) is 7.82. The van der Waals surface area contributed by atoms with Crippen molar-refractivity contribution in [1.82, 2.24) is 20.6 Å². The molecule has 0 radical (unpaired) electrons. The topological polar surface area (TPSA) is 63.7 Å². The number of aromatic nitrogens is 4. The van der Waals surface area contributed by atoms with Gasteiger partial charge in [-0.3, -0.25) is 0 Å². The van der Waals surface area contributed by atoms with E-state index >= 15 is 0 Å². The molecule has 6 heteroatoms. The van der Waals surface area contributed by atoms with Crippen LogP contribution in [0.5, 0.6) is 5.75 Å². The fourth-order valence-corrected chi connectivity index (χ4v) is 2.85. The van der Waals surface area contributed by atoms with Gasteiger partial charge in [-0.05, 0) is 39.7 Å². The van der Waals surface area contributed by atoms with Crippen LogP contribution in [0.4, 0.5) is 0 Å². The zero-order valence-corrected chi connectivity index (χ0v) is 13.4. The fraction of sp³-hybridized carbons (Fsp3) is 0.0556. The van der Waals surface area contributed by atoms with E-state index in [0.29, 0.717) is 23.2 Å². The number of hydrogen-bond donors (Lipinski definition) is 1. The van der Waals surface area contributed by atoms with Crippen LogP contribution in [0, 0.1) is 0 Å². The van der Waals surface area contributed by atoms with Gasteiger partial charge in [-0.1, -0.05) is 54.1 Å². The molecule has 118 valence electrons. The number of aromatic amines is 1. The first-order chi connectivity index (χ1) is 11.8. The lowest BCUT2D eigenvalue weighted by Gasteiger charge is -2.11. The smallest absolute Gasteiger partial charge is 0.204 e. The van der Waals surface area contributed by atoms with Crippen molar-refractivity contribution >= 4 is 22.4 Å². The van der Waals surface area contributed by atoms with Gasteiger partial charge in [-0.15, -0.1) is 10.2 Å². The minimum atomic E-state index is 0.447. The third-order valence-electron chi connectivity index (χ3n) is 3.80. The number of tetrazole rings is 1. The van der Waals surface area contributed by atoms with E-state index in [4.69, 9.17) is 16.3 Å². The molecule has 0 aliphatic heterocycles. The standard InChI is InChI=1S/C18H13ClN4O/c19-16-10-13(18-20-22-23-21-18)8-9-17(16)24-11-14-6-3-5-12-4-1-2-7-15(12)14/h1-10H,11H2,(H,20,21,22,23). The molecule has 0 spiro atoms. The van der Waals surface area contributed by atoms with Crippen molar-refractivity contribution < 1.29 is 4.74 Å². The Kier molecular flexibility index (Phi) is 3.84. The van der Waals surface area contributed by atoms with E-state index in [0.717, 1.165) is 11.1 Å². The summed E-state index contributed by atoms with van der Waals surface area (Å²) >= 11 is 6.32. The summed E-state index contributed by atoms with van der Waals surface area (Å²) in [5.74, 6) is 1.12. The number of nitrogens with one attached hydrogen (secondary N) is 1. The van der Waals surface area contributed by atoms with E-state index in [-0.39, 0.29) is 0 Å². The molecule has 0 amide bonds. The van der Waals surface area contributed by atoms with Gasteiger partial charge >= 0.3 is 0 Å². The lowest BCUT2D eigenvalue weighted by atomic mass is 10.1. The van der Waals surface area contributed by atoms with Gasteiger partial charge in [0.25, 0.3) is 0 Å². The Morgan fingerprint density at radius 1 is 1.00 bits per heavy atom. The van der Waals surface area contributed by atoms with Gasteiger partial charge in [0.1, 0.15) is 12.4 Å². The fourth-order valence-electron chi connectivity index (χ4n) is 2.61. The Bertz CT molecular complexity index is 980. The van der Waals surface area contributed by atoms with E-state index < -0.39 is 0 Å². The van der Waals surface area contributed by atoms with Gasteiger partial charge in [0.15, 0.2) is 0 Å². The molecule has 4 rings (SSSR count). The largest absolute Gasteiger partial charge is 0.487 e. The highest BCUT2D eigenvalue weighted by Crippen LogP contribution is 2.30. The molecule has 0 saturated carbocycles. The van der Waals surface area contributed by atoms with Crippen molar-refractivity contribution in [3.05, 3.63) is 71.2 Å². The highest BCUT2D eigenvalue weighted by atomic mass is 35.5. The van der Waals surface area contributed by atoms with Crippen LogP contribution in [0.3, 0.4) is 0 Å². The van der Waals surface area contributed by atoms with Gasteiger partial charge in [0, 0.05) is 5.56 Å². The molecule has 1 heterocycles. The molecular weight excluding hydrogens is 324 g/mol. The molecule has 0 aliphatic carbocycles. The Morgan fingerprint density at radius 3 is 2.71 bits per heavy atom. The van der Waals surface area contributed by atoms with Gasteiger partial charge in [0.2, 0.25) is 5.82 Å². The number of hydrogen-bond acceptors (Lipinski definition) is 4. The predicted octanol–water partition coefficient (Wildman–Crippen LogP) is 4.25. The molecule has 4 aromatic rings. The Morgan fingerprint density at radius 2 is 1.88 bits per heavy atom. The molecule has 0 atom stereocenters. The molecule has 0 unspecified atom stereocenters. The van der Waals surface area contributed by atoms with E-state index in [9.17, 15) is 0 Å². The number of H-pyrrole nitrogens is 1. The van der Waals surface area contributed by atoms with Crippen LogP contribution in [0.15, 0.2) is 60.7 Å². The summed E-state index contributed by atoms with van der Waals surface area (Å²) in [7, 11) is 0. The number of halogens is 1. The predicted molar refractivity (Wildman–Crippen MR) is 92.9 cm³/mol. The van der Waals surface area contributed by atoms with Gasteiger partial charge in [-0.2, -0.15) is 5.21 Å². The Balaban J connectivity index is 1.57. The maximum atomic E-state index is 6.32. The summed E-state index contributed by atoms with van der Waals surface area (Å²) in [6.07, 6.45) is 0.